The fourth-order valence-electron chi connectivity index (χ4n) is 2.92. The van der Waals surface area contributed by atoms with Crippen molar-refractivity contribution < 1.29 is 27.9 Å². The van der Waals surface area contributed by atoms with Gasteiger partial charge in [0.1, 0.15) is 17.3 Å². The lowest BCUT2D eigenvalue weighted by Gasteiger charge is -2.17. The number of hydrogen-bond donors (Lipinski definition) is 1. The number of likely N-dealkylation sites (N-methyl/N-ethyl adjacent to an activating group) is 1. The lowest BCUT2D eigenvalue weighted by atomic mass is 10.1. The summed E-state index contributed by atoms with van der Waals surface area (Å²) >= 11 is 5.99. The summed E-state index contributed by atoms with van der Waals surface area (Å²) in [5.74, 6) is -1.11. The van der Waals surface area contributed by atoms with Gasteiger partial charge in [0.2, 0.25) is 5.91 Å². The van der Waals surface area contributed by atoms with Crippen molar-refractivity contribution in [1.82, 2.24) is 4.90 Å². The minimum Gasteiger partial charge on any atom is -0.461 e. The van der Waals surface area contributed by atoms with Crippen LogP contribution in [0.15, 0.2) is 65.1 Å². The van der Waals surface area contributed by atoms with Crippen LogP contribution in [-0.4, -0.2) is 42.9 Å². The number of hydrogen-bond acceptors (Lipinski definition) is 5. The summed E-state index contributed by atoms with van der Waals surface area (Å²) in [5, 5.41) is 2.99. The molecule has 3 rings (SSSR count). The molecule has 0 aliphatic heterocycles. The topological polar surface area (TPSA) is 88.9 Å². The molecule has 1 heterocycles. The van der Waals surface area contributed by atoms with Gasteiger partial charge < -0.3 is 19.4 Å². The van der Waals surface area contributed by atoms with E-state index in [1.807, 2.05) is 0 Å². The van der Waals surface area contributed by atoms with Crippen LogP contribution in [0.1, 0.15) is 12.2 Å². The van der Waals surface area contributed by atoms with Crippen molar-refractivity contribution in [2.75, 3.05) is 25.5 Å². The fourth-order valence-corrected chi connectivity index (χ4v) is 3.11. The number of nitrogens with one attached hydrogen (secondary N) is 1. The van der Waals surface area contributed by atoms with Gasteiger partial charge in [-0.2, -0.15) is 0 Å². The van der Waals surface area contributed by atoms with Crippen LogP contribution in [0.4, 0.5) is 10.1 Å². The van der Waals surface area contributed by atoms with E-state index in [4.69, 9.17) is 20.8 Å². The Bertz CT molecular complexity index is 1150. The molecule has 0 unspecified atom stereocenters. The first-order valence-electron chi connectivity index (χ1n) is 10.1. The minimum absolute atomic E-state index is 0.0196. The summed E-state index contributed by atoms with van der Waals surface area (Å²) in [5.41, 5.74) is 0.770. The van der Waals surface area contributed by atoms with Crippen LogP contribution in [0, 0.1) is 5.82 Å². The van der Waals surface area contributed by atoms with E-state index in [9.17, 15) is 18.8 Å². The van der Waals surface area contributed by atoms with Crippen LogP contribution in [0.25, 0.3) is 11.3 Å². The lowest BCUT2D eigenvalue weighted by Crippen LogP contribution is -2.37. The van der Waals surface area contributed by atoms with Crippen LogP contribution in [0.3, 0.4) is 0 Å². The van der Waals surface area contributed by atoms with Crippen molar-refractivity contribution in [3.8, 4) is 11.3 Å². The molecule has 172 valence electrons. The normalized spacial score (nSPS) is 10.5. The van der Waals surface area contributed by atoms with E-state index in [-0.39, 0.29) is 19.4 Å². The molecule has 0 spiro atoms. The van der Waals surface area contributed by atoms with Crippen molar-refractivity contribution in [2.24, 2.45) is 0 Å². The Morgan fingerprint density at radius 1 is 1.06 bits per heavy atom. The maximum absolute atomic E-state index is 13.8. The van der Waals surface area contributed by atoms with E-state index in [1.165, 1.54) is 13.1 Å². The molecular weight excluding hydrogens is 451 g/mol. The highest BCUT2D eigenvalue weighted by Crippen LogP contribution is 2.25. The van der Waals surface area contributed by atoms with Gasteiger partial charge in [-0.1, -0.05) is 35.9 Å². The number of furan rings is 1. The van der Waals surface area contributed by atoms with Gasteiger partial charge in [0, 0.05) is 13.5 Å². The second kappa shape index (κ2) is 11.3. The van der Waals surface area contributed by atoms with Crippen molar-refractivity contribution in [3.63, 3.8) is 0 Å². The predicted octanol–water partition coefficient (Wildman–Crippen LogP) is 4.31. The molecule has 0 aliphatic rings. The van der Waals surface area contributed by atoms with Crippen LogP contribution in [-0.2, 0) is 25.5 Å². The fraction of sp³-hybridized carbons (Fsp3) is 0.208. The molecule has 0 radical (unpaired) electrons. The Balaban J connectivity index is 1.40. The maximum atomic E-state index is 13.8. The number of carbonyl (C=O) groups excluding carboxylic acids is 3. The molecule has 1 aromatic heterocycles. The molecule has 0 aliphatic carbocycles. The van der Waals surface area contributed by atoms with Crippen LogP contribution >= 0.6 is 11.6 Å². The van der Waals surface area contributed by atoms with Gasteiger partial charge in [-0.3, -0.25) is 14.4 Å². The largest absolute Gasteiger partial charge is 0.461 e. The lowest BCUT2D eigenvalue weighted by molar-refractivity contribution is -0.151. The molecule has 2 aromatic carbocycles. The van der Waals surface area contributed by atoms with Gasteiger partial charge in [-0.15, -0.1) is 0 Å². The number of anilines is 1. The maximum Gasteiger partial charge on any atom is 0.306 e. The third-order valence-corrected chi connectivity index (χ3v) is 5.02. The van der Waals surface area contributed by atoms with Gasteiger partial charge in [0.15, 0.2) is 6.61 Å². The Labute approximate surface area is 195 Å². The Morgan fingerprint density at radius 3 is 2.55 bits per heavy atom. The van der Waals surface area contributed by atoms with Crippen molar-refractivity contribution >= 4 is 35.1 Å². The number of amides is 2. The molecular formula is C24H22ClFN2O5. The zero-order valence-corrected chi connectivity index (χ0v) is 18.6. The van der Waals surface area contributed by atoms with Gasteiger partial charge in [-0.25, -0.2) is 4.39 Å². The first-order chi connectivity index (χ1) is 15.8. The Hall–Kier alpha value is -3.65. The Kier molecular flexibility index (Phi) is 8.21. The third-order valence-electron chi connectivity index (χ3n) is 4.69. The van der Waals surface area contributed by atoms with Gasteiger partial charge >= 0.3 is 5.97 Å². The van der Waals surface area contributed by atoms with E-state index in [0.717, 1.165) is 4.90 Å². The number of rotatable bonds is 9. The SMILES string of the molecule is CN(CC(=O)Nc1ccccc1Cl)C(=O)COC(=O)CCc1ccc(-c2ccccc2F)o1. The van der Waals surface area contributed by atoms with E-state index in [2.05, 4.69) is 5.32 Å². The molecule has 0 fully saturated rings. The zero-order valence-electron chi connectivity index (χ0n) is 17.8. The van der Waals surface area contributed by atoms with Gasteiger partial charge in [-0.05, 0) is 36.4 Å². The van der Waals surface area contributed by atoms with Gasteiger partial charge in [0.25, 0.3) is 5.91 Å². The van der Waals surface area contributed by atoms with Crippen molar-refractivity contribution in [1.29, 1.82) is 0 Å². The monoisotopic (exact) mass is 472 g/mol. The summed E-state index contributed by atoms with van der Waals surface area (Å²) < 4.78 is 24.4. The molecule has 33 heavy (non-hydrogen) atoms. The molecule has 0 saturated carbocycles. The quantitative estimate of drug-likeness (QED) is 0.469. The molecule has 9 heteroatoms. The second-order valence-corrected chi connectivity index (χ2v) is 7.59. The third kappa shape index (κ3) is 6.92. The van der Waals surface area contributed by atoms with Crippen molar-refractivity contribution in [3.05, 3.63) is 77.3 Å². The number of nitrogens with zero attached hydrogens (tertiary/aromatic N) is 1. The van der Waals surface area contributed by atoms with E-state index >= 15 is 0 Å². The predicted molar refractivity (Wildman–Crippen MR) is 121 cm³/mol. The number of benzene rings is 2. The van der Waals surface area contributed by atoms with Crippen LogP contribution < -0.4 is 5.32 Å². The number of ether oxygens (including phenoxy) is 1. The minimum atomic E-state index is -0.596. The van der Waals surface area contributed by atoms with Crippen LogP contribution in [0.2, 0.25) is 5.02 Å². The second-order valence-electron chi connectivity index (χ2n) is 7.18. The number of aryl methyl sites for hydroxylation is 1. The Morgan fingerprint density at radius 2 is 1.79 bits per heavy atom. The summed E-state index contributed by atoms with van der Waals surface area (Å²) in [6.07, 6.45) is 0.214. The summed E-state index contributed by atoms with van der Waals surface area (Å²) in [4.78, 5) is 37.4. The molecule has 2 amide bonds. The highest BCUT2D eigenvalue weighted by molar-refractivity contribution is 6.33. The van der Waals surface area contributed by atoms with E-state index in [0.29, 0.717) is 27.8 Å². The smallest absolute Gasteiger partial charge is 0.306 e. The standard InChI is InChI=1S/C24H22ClFN2O5/c1-28(14-22(29)27-20-9-5-3-7-18(20)25)23(30)15-32-24(31)13-11-16-10-12-21(33-16)17-6-2-4-8-19(17)26/h2-10,12H,11,13-15H2,1H3,(H,27,29). The highest BCUT2D eigenvalue weighted by atomic mass is 35.5. The molecule has 1 N–H and O–H groups in total. The molecule has 0 atom stereocenters. The highest BCUT2D eigenvalue weighted by Gasteiger charge is 2.16. The number of para-hydroxylation sites is 1. The van der Waals surface area contributed by atoms with Gasteiger partial charge in [0.05, 0.1) is 29.2 Å². The summed E-state index contributed by atoms with van der Waals surface area (Å²) in [7, 11) is 1.43. The average molecular weight is 473 g/mol. The van der Waals surface area contributed by atoms with Crippen molar-refractivity contribution in [2.45, 2.75) is 12.8 Å². The first-order valence-corrected chi connectivity index (χ1v) is 10.5. The van der Waals surface area contributed by atoms with E-state index < -0.39 is 30.2 Å². The zero-order chi connectivity index (χ0) is 23.8. The molecule has 0 bridgehead atoms. The number of esters is 1. The first kappa shape index (κ1) is 24.0. The number of halogens is 2. The number of carbonyl (C=O) groups is 3. The average Bonchev–Trinajstić information content (AvgIpc) is 3.26. The van der Waals surface area contributed by atoms with Crippen LogP contribution in [0.5, 0.6) is 0 Å². The van der Waals surface area contributed by atoms with E-state index in [1.54, 1.807) is 54.6 Å². The summed E-state index contributed by atoms with van der Waals surface area (Å²) in [6, 6.07) is 16.2. The summed E-state index contributed by atoms with van der Waals surface area (Å²) in [6.45, 7) is -0.722. The molecule has 7 nitrogen and oxygen atoms in total. The molecule has 3 aromatic rings. The molecule has 0 saturated heterocycles.